The van der Waals surface area contributed by atoms with Crippen molar-refractivity contribution in [2.45, 2.75) is 79.1 Å². The Morgan fingerprint density at radius 1 is 0.275 bits per heavy atom. The van der Waals surface area contributed by atoms with Crippen molar-refractivity contribution in [3.8, 4) is 0 Å². The highest BCUT2D eigenvalue weighted by molar-refractivity contribution is 6.23. The largest absolute Gasteiger partial charge is 0.456 e. The summed E-state index contributed by atoms with van der Waals surface area (Å²) in [7, 11) is 0. The molecule has 15 aromatic rings. The number of para-hydroxylation sites is 6. The van der Waals surface area contributed by atoms with Crippen molar-refractivity contribution in [2.24, 2.45) is 0 Å². The molecule has 6 heteroatoms. The van der Waals surface area contributed by atoms with Crippen molar-refractivity contribution in [3.63, 3.8) is 0 Å². The van der Waals surface area contributed by atoms with Gasteiger partial charge in [0.25, 0.3) is 0 Å². The first-order valence-electron chi connectivity index (χ1n) is 28.3. The van der Waals surface area contributed by atoms with E-state index in [1.54, 1.807) is 0 Å². The van der Waals surface area contributed by atoms with Gasteiger partial charge < -0.3 is 27.5 Å². The molecule has 0 aliphatic heterocycles. The summed E-state index contributed by atoms with van der Waals surface area (Å²) in [4.78, 5) is 4.65. The number of hydrogen-bond acceptors (Lipinski definition) is 6. The summed E-state index contributed by atoms with van der Waals surface area (Å²) in [6, 6.07) is 69.9. The lowest BCUT2D eigenvalue weighted by molar-refractivity contribution is 0.649. The van der Waals surface area contributed by atoms with Gasteiger partial charge >= 0.3 is 0 Å². The van der Waals surface area contributed by atoms with Crippen LogP contribution in [0.2, 0.25) is 0 Å². The third-order valence-electron chi connectivity index (χ3n) is 16.8. The average Bonchev–Trinajstić information content (AvgIpc) is 4.37. The van der Waals surface area contributed by atoms with Gasteiger partial charge in [-0.2, -0.15) is 0 Å². The van der Waals surface area contributed by atoms with E-state index < -0.39 is 0 Å². The maximum Gasteiger partial charge on any atom is 0.159 e. The van der Waals surface area contributed by atoms with Crippen molar-refractivity contribution in [1.82, 2.24) is 0 Å². The summed E-state index contributed by atoms with van der Waals surface area (Å²) >= 11 is 0. The van der Waals surface area contributed by atoms with Crippen LogP contribution in [0.25, 0.3) is 109 Å². The molecule has 390 valence electrons. The second-order valence-corrected chi connectivity index (χ2v) is 23.1. The summed E-state index contributed by atoms with van der Waals surface area (Å²) in [5, 5.41) is 13.4. The van der Waals surface area contributed by atoms with Gasteiger partial charge in [0.2, 0.25) is 0 Å². The average molecular weight is 1040 g/mol. The molecule has 0 aliphatic carbocycles. The molecule has 0 fully saturated rings. The van der Waals surface area contributed by atoms with Crippen LogP contribution in [0.1, 0.15) is 101 Å². The van der Waals surface area contributed by atoms with Gasteiger partial charge in [0.1, 0.15) is 33.5 Å². The fourth-order valence-electron chi connectivity index (χ4n) is 13.1. The first-order chi connectivity index (χ1) is 39.0. The van der Waals surface area contributed by atoms with Crippen LogP contribution < -0.4 is 9.80 Å². The van der Waals surface area contributed by atoms with Gasteiger partial charge in [0.05, 0.1) is 11.4 Å². The Kier molecular flexibility index (Phi) is 10.9. The minimum Gasteiger partial charge on any atom is -0.456 e. The summed E-state index contributed by atoms with van der Waals surface area (Å²) in [6.45, 7) is 18.0. The highest BCUT2D eigenvalue weighted by Crippen LogP contribution is 2.51. The molecular weight excluding hydrogens is 981 g/mol. The normalized spacial score (nSPS) is 12.4. The first kappa shape index (κ1) is 47.9. The van der Waals surface area contributed by atoms with Crippen LogP contribution in [0, 0.1) is 0 Å². The lowest BCUT2D eigenvalue weighted by Crippen LogP contribution is -2.10. The first-order valence-corrected chi connectivity index (χ1v) is 28.3. The molecule has 0 N–H and O–H groups in total. The van der Waals surface area contributed by atoms with Crippen molar-refractivity contribution < 1.29 is 17.7 Å². The molecule has 80 heavy (non-hydrogen) atoms. The van der Waals surface area contributed by atoms with Crippen molar-refractivity contribution in [2.75, 3.05) is 9.80 Å². The third kappa shape index (κ3) is 7.24. The van der Waals surface area contributed by atoms with Crippen molar-refractivity contribution in [1.29, 1.82) is 0 Å². The molecule has 15 rings (SSSR count). The maximum absolute atomic E-state index is 7.26. The van der Waals surface area contributed by atoms with Crippen LogP contribution >= 0.6 is 0 Å². The Morgan fingerprint density at radius 3 is 1.05 bits per heavy atom. The zero-order chi connectivity index (χ0) is 54.2. The molecule has 0 saturated heterocycles. The van der Waals surface area contributed by atoms with Gasteiger partial charge in [-0.3, -0.25) is 0 Å². The predicted molar refractivity (Wildman–Crippen MR) is 336 cm³/mol. The number of furan rings is 4. The predicted octanol–water partition coefficient (Wildman–Crippen LogP) is 23.0. The van der Waals surface area contributed by atoms with E-state index in [2.05, 4.69) is 259 Å². The lowest BCUT2D eigenvalue weighted by Gasteiger charge is -2.25. The number of hydrogen-bond donors (Lipinski definition) is 0. The van der Waals surface area contributed by atoms with Gasteiger partial charge in [0.15, 0.2) is 11.2 Å². The SMILES string of the molecule is CC(C)c1cccc2c1oc1c(N(c3ccccc3)c3ccc4cc5c(cc4c3)oc3c(C(C)C)c4c(oc6cc7cc(N(c8ccccc8)c8cccc9c8oc8c(C(C)C)cccc89)ccc7cc64)c(C(C)C)c35)cccc12. The van der Waals surface area contributed by atoms with E-state index in [4.69, 9.17) is 17.7 Å². The standard InChI is InChI=1S/C74H60N2O4/c1-41(2)53-23-15-25-55-57-27-17-29-61(71(57)79-69(53)55)75(49-19-11-9-12-20-49)51-33-31-45-37-59-63(39-47(45)35-51)77-73-66(44(7)8)68-60-38-46-32-34-52(36-48(46)40-64(60)78-74(68)65(43(5)6)67(59)73)76(50-21-13-10-14-22-50)62-30-18-28-58-56-26-16-24-54(42(3)4)70(56)80-72(58)62/h9-44H,1-8H3. The van der Waals surface area contributed by atoms with Crippen LogP contribution in [0.15, 0.2) is 212 Å². The Hall–Kier alpha value is -9.26. The van der Waals surface area contributed by atoms with Crippen LogP contribution in [0.5, 0.6) is 0 Å². The van der Waals surface area contributed by atoms with E-state index >= 15 is 0 Å². The molecule has 4 heterocycles. The molecule has 0 aliphatic rings. The zero-order valence-corrected chi connectivity index (χ0v) is 46.3. The van der Waals surface area contributed by atoms with Crippen LogP contribution in [-0.4, -0.2) is 0 Å². The molecule has 0 radical (unpaired) electrons. The number of fused-ring (bicyclic) bond motifs is 14. The van der Waals surface area contributed by atoms with Crippen molar-refractivity contribution in [3.05, 3.63) is 216 Å². The van der Waals surface area contributed by atoms with Gasteiger partial charge in [-0.1, -0.05) is 165 Å². The highest BCUT2D eigenvalue weighted by Gasteiger charge is 2.29. The van der Waals surface area contributed by atoms with E-state index in [9.17, 15) is 0 Å². The highest BCUT2D eigenvalue weighted by atomic mass is 16.3. The Labute approximate surface area is 464 Å². The van der Waals surface area contributed by atoms with Gasteiger partial charge in [0, 0.05) is 77.0 Å². The minimum atomic E-state index is 0.135. The molecule has 0 unspecified atom stereocenters. The third-order valence-corrected chi connectivity index (χ3v) is 16.8. The molecular formula is C74H60N2O4. The quantitative estimate of drug-likeness (QED) is 0.136. The monoisotopic (exact) mass is 1040 g/mol. The molecule has 0 atom stereocenters. The van der Waals surface area contributed by atoms with E-state index in [0.717, 1.165) is 143 Å². The second-order valence-electron chi connectivity index (χ2n) is 23.1. The zero-order valence-electron chi connectivity index (χ0n) is 46.3. The second kappa shape index (κ2) is 18.2. The summed E-state index contributed by atoms with van der Waals surface area (Å²) in [6.07, 6.45) is 0. The Morgan fingerprint density at radius 2 is 0.662 bits per heavy atom. The lowest BCUT2D eigenvalue weighted by atomic mass is 9.87. The number of anilines is 6. The summed E-state index contributed by atoms with van der Waals surface area (Å²) < 4.78 is 28.4. The Balaban J connectivity index is 0.889. The van der Waals surface area contributed by atoms with Crippen LogP contribution in [0.4, 0.5) is 34.1 Å². The van der Waals surface area contributed by atoms with E-state index in [1.807, 2.05) is 0 Å². The molecule has 0 bridgehead atoms. The summed E-state index contributed by atoms with van der Waals surface area (Å²) in [5.74, 6) is 0.919. The van der Waals surface area contributed by atoms with Crippen molar-refractivity contribution >= 4 is 143 Å². The van der Waals surface area contributed by atoms with Crippen LogP contribution in [0.3, 0.4) is 0 Å². The molecule has 0 saturated carbocycles. The Bertz CT molecular complexity index is 4660. The van der Waals surface area contributed by atoms with E-state index in [0.29, 0.717) is 11.8 Å². The number of benzene rings is 11. The molecule has 11 aromatic carbocycles. The maximum atomic E-state index is 7.26. The van der Waals surface area contributed by atoms with Gasteiger partial charge in [-0.25, -0.2) is 0 Å². The summed E-state index contributed by atoms with van der Waals surface area (Å²) in [5.41, 5.74) is 18.1. The van der Waals surface area contributed by atoms with E-state index in [1.165, 1.54) is 22.3 Å². The fraction of sp³-hybridized carbons (Fsp3) is 0.162. The molecule has 4 aromatic heterocycles. The fourth-order valence-corrected chi connectivity index (χ4v) is 13.1. The number of nitrogens with zero attached hydrogens (tertiary/aromatic N) is 2. The molecule has 0 amide bonds. The molecule has 0 spiro atoms. The topological polar surface area (TPSA) is 59.0 Å². The van der Waals surface area contributed by atoms with Gasteiger partial charge in [-0.05, 0) is 141 Å². The number of rotatable bonds is 10. The molecule has 6 nitrogen and oxygen atoms in total. The smallest absolute Gasteiger partial charge is 0.159 e. The van der Waals surface area contributed by atoms with Crippen LogP contribution in [-0.2, 0) is 0 Å². The minimum absolute atomic E-state index is 0.135. The van der Waals surface area contributed by atoms with E-state index in [-0.39, 0.29) is 11.8 Å². The van der Waals surface area contributed by atoms with Gasteiger partial charge in [-0.15, -0.1) is 0 Å².